The van der Waals surface area contributed by atoms with E-state index in [1.165, 1.54) is 0 Å². The maximum absolute atomic E-state index is 11.7. The minimum absolute atomic E-state index is 0.0186. The first-order chi connectivity index (χ1) is 6.54. The van der Waals surface area contributed by atoms with Crippen molar-refractivity contribution in [3.8, 4) is 0 Å². The highest BCUT2D eigenvalue weighted by Crippen LogP contribution is 2.10. The maximum Gasteiger partial charge on any atom is 0.239 e. The van der Waals surface area contributed by atoms with Crippen LogP contribution in [0.2, 0.25) is 0 Å². The topological polar surface area (TPSA) is 35.6 Å². The van der Waals surface area contributed by atoms with E-state index in [4.69, 9.17) is 0 Å². The molecule has 1 aliphatic heterocycles. The van der Waals surface area contributed by atoms with Crippen LogP contribution in [0, 0.1) is 0 Å². The van der Waals surface area contributed by atoms with Gasteiger partial charge in [0.05, 0.1) is 6.04 Å². The summed E-state index contributed by atoms with van der Waals surface area (Å²) >= 11 is 0. The molecule has 1 heterocycles. The number of amides is 1. The highest BCUT2D eigenvalue weighted by atomic mass is 16.2. The van der Waals surface area contributed by atoms with Gasteiger partial charge in [0.1, 0.15) is 0 Å². The Kier molecular flexibility index (Phi) is 3.89. The lowest BCUT2D eigenvalue weighted by atomic mass is 10.1. The second kappa shape index (κ2) is 4.75. The molecule has 2 unspecified atom stereocenters. The summed E-state index contributed by atoms with van der Waals surface area (Å²) in [6, 6.07) is 0.490. The van der Waals surface area contributed by atoms with Gasteiger partial charge in [0, 0.05) is 26.7 Å². The van der Waals surface area contributed by atoms with Crippen LogP contribution < -0.4 is 5.32 Å². The molecule has 0 radical (unpaired) electrons. The van der Waals surface area contributed by atoms with Gasteiger partial charge in [-0.1, -0.05) is 0 Å². The first-order valence-electron chi connectivity index (χ1n) is 5.18. The van der Waals surface area contributed by atoms with E-state index in [0.29, 0.717) is 6.04 Å². The standard InChI is InChI=1S/C10H21N3O/c1-8(10(14)12(2)3)13(4)9-5-6-11-7-9/h8-9,11H,5-7H2,1-4H3. The van der Waals surface area contributed by atoms with Crippen LogP contribution in [0.3, 0.4) is 0 Å². The normalized spacial score (nSPS) is 23.9. The summed E-state index contributed by atoms with van der Waals surface area (Å²) in [5, 5.41) is 3.31. The second-order valence-electron chi connectivity index (χ2n) is 4.22. The molecule has 4 heteroatoms. The Morgan fingerprint density at radius 2 is 2.07 bits per heavy atom. The Balaban J connectivity index is 2.50. The number of rotatable bonds is 3. The average molecular weight is 199 g/mol. The summed E-state index contributed by atoms with van der Waals surface area (Å²) in [6.07, 6.45) is 1.14. The van der Waals surface area contributed by atoms with Crippen LogP contribution in [0.4, 0.5) is 0 Å². The Morgan fingerprint density at radius 3 is 2.50 bits per heavy atom. The third kappa shape index (κ3) is 2.45. The molecule has 0 spiro atoms. The molecule has 1 amide bonds. The van der Waals surface area contributed by atoms with Gasteiger partial charge in [0.15, 0.2) is 0 Å². The molecule has 1 saturated heterocycles. The Morgan fingerprint density at radius 1 is 1.43 bits per heavy atom. The zero-order valence-electron chi connectivity index (χ0n) is 9.58. The van der Waals surface area contributed by atoms with Crippen LogP contribution in [0.1, 0.15) is 13.3 Å². The predicted octanol–water partition coefficient (Wildman–Crippen LogP) is -0.243. The van der Waals surface area contributed by atoms with Crippen molar-refractivity contribution >= 4 is 5.91 Å². The number of likely N-dealkylation sites (N-methyl/N-ethyl adjacent to an activating group) is 2. The van der Waals surface area contributed by atoms with Crippen LogP contribution in [0.25, 0.3) is 0 Å². The Hall–Kier alpha value is -0.610. The van der Waals surface area contributed by atoms with Crippen molar-refractivity contribution in [2.75, 3.05) is 34.2 Å². The molecule has 0 aliphatic carbocycles. The van der Waals surface area contributed by atoms with Gasteiger partial charge in [-0.15, -0.1) is 0 Å². The largest absolute Gasteiger partial charge is 0.347 e. The zero-order valence-corrected chi connectivity index (χ0v) is 9.58. The van der Waals surface area contributed by atoms with Crippen molar-refractivity contribution < 1.29 is 4.79 Å². The molecular formula is C10H21N3O. The fourth-order valence-electron chi connectivity index (χ4n) is 1.85. The van der Waals surface area contributed by atoms with Crippen LogP contribution in [-0.4, -0.2) is 62.0 Å². The Bertz CT molecular complexity index is 200. The lowest BCUT2D eigenvalue weighted by Gasteiger charge is -2.30. The summed E-state index contributed by atoms with van der Waals surface area (Å²) in [5.41, 5.74) is 0. The first-order valence-corrected chi connectivity index (χ1v) is 5.18. The highest BCUT2D eigenvalue weighted by Gasteiger charge is 2.27. The quantitative estimate of drug-likeness (QED) is 0.681. The molecule has 0 aromatic heterocycles. The number of carbonyl (C=O) groups excluding carboxylic acids is 1. The van der Waals surface area contributed by atoms with Crippen LogP contribution in [0.15, 0.2) is 0 Å². The zero-order chi connectivity index (χ0) is 10.7. The number of hydrogen-bond donors (Lipinski definition) is 1. The van der Waals surface area contributed by atoms with Gasteiger partial charge in [-0.05, 0) is 26.9 Å². The lowest BCUT2D eigenvalue weighted by molar-refractivity contribution is -0.134. The smallest absolute Gasteiger partial charge is 0.239 e. The van der Waals surface area contributed by atoms with Gasteiger partial charge in [-0.2, -0.15) is 0 Å². The molecule has 0 aromatic carbocycles. The minimum atomic E-state index is -0.0186. The molecule has 0 saturated carbocycles. The van der Waals surface area contributed by atoms with Crippen molar-refractivity contribution in [3.05, 3.63) is 0 Å². The molecule has 2 atom stereocenters. The molecule has 4 nitrogen and oxygen atoms in total. The van der Waals surface area contributed by atoms with Crippen LogP contribution in [0.5, 0.6) is 0 Å². The van der Waals surface area contributed by atoms with Crippen molar-refractivity contribution in [1.29, 1.82) is 0 Å². The SMILES string of the molecule is CC(C(=O)N(C)C)N(C)C1CCNC1. The van der Waals surface area contributed by atoms with Crippen LogP contribution >= 0.6 is 0 Å². The summed E-state index contributed by atoms with van der Waals surface area (Å²) < 4.78 is 0. The van der Waals surface area contributed by atoms with Gasteiger partial charge in [-0.25, -0.2) is 0 Å². The molecule has 1 N–H and O–H groups in total. The third-order valence-electron chi connectivity index (χ3n) is 3.02. The molecular weight excluding hydrogens is 178 g/mol. The van der Waals surface area contributed by atoms with E-state index < -0.39 is 0 Å². The van der Waals surface area contributed by atoms with Gasteiger partial charge >= 0.3 is 0 Å². The molecule has 1 rings (SSSR count). The first kappa shape index (κ1) is 11.5. The summed E-state index contributed by atoms with van der Waals surface area (Å²) in [5.74, 6) is 0.180. The minimum Gasteiger partial charge on any atom is -0.347 e. The van der Waals surface area contributed by atoms with Crippen molar-refractivity contribution in [2.45, 2.75) is 25.4 Å². The van der Waals surface area contributed by atoms with Crippen molar-refractivity contribution in [1.82, 2.24) is 15.1 Å². The molecule has 82 valence electrons. The van der Waals surface area contributed by atoms with Gasteiger partial charge in [0.25, 0.3) is 0 Å². The van der Waals surface area contributed by atoms with Crippen LogP contribution in [-0.2, 0) is 4.79 Å². The number of nitrogens with one attached hydrogen (secondary N) is 1. The fraction of sp³-hybridized carbons (Fsp3) is 0.900. The van der Waals surface area contributed by atoms with E-state index in [-0.39, 0.29) is 11.9 Å². The van der Waals surface area contributed by atoms with E-state index >= 15 is 0 Å². The summed E-state index contributed by atoms with van der Waals surface area (Å²) in [7, 11) is 5.64. The highest BCUT2D eigenvalue weighted by molar-refractivity contribution is 5.80. The summed E-state index contributed by atoms with van der Waals surface area (Å²) in [4.78, 5) is 15.5. The predicted molar refractivity (Wildman–Crippen MR) is 57.2 cm³/mol. The van der Waals surface area contributed by atoms with Crippen molar-refractivity contribution in [2.24, 2.45) is 0 Å². The third-order valence-corrected chi connectivity index (χ3v) is 3.02. The number of hydrogen-bond acceptors (Lipinski definition) is 3. The molecule has 14 heavy (non-hydrogen) atoms. The number of nitrogens with zero attached hydrogens (tertiary/aromatic N) is 2. The van der Waals surface area contributed by atoms with Gasteiger partial charge < -0.3 is 10.2 Å². The Labute approximate surface area is 86.2 Å². The molecule has 1 aliphatic rings. The van der Waals surface area contributed by atoms with Crippen molar-refractivity contribution in [3.63, 3.8) is 0 Å². The lowest BCUT2D eigenvalue weighted by Crippen LogP contribution is -2.47. The monoisotopic (exact) mass is 199 g/mol. The fourth-order valence-corrected chi connectivity index (χ4v) is 1.85. The average Bonchev–Trinajstić information content (AvgIpc) is 2.67. The van der Waals surface area contributed by atoms with E-state index in [9.17, 15) is 4.79 Å². The number of carbonyl (C=O) groups is 1. The second-order valence-corrected chi connectivity index (χ2v) is 4.22. The van der Waals surface area contributed by atoms with E-state index in [0.717, 1.165) is 19.5 Å². The molecule has 1 fully saturated rings. The molecule has 0 bridgehead atoms. The van der Waals surface area contributed by atoms with Gasteiger partial charge in [0.2, 0.25) is 5.91 Å². The van der Waals surface area contributed by atoms with E-state index in [1.54, 1.807) is 19.0 Å². The maximum atomic E-state index is 11.7. The summed E-state index contributed by atoms with van der Waals surface area (Å²) in [6.45, 7) is 4.04. The van der Waals surface area contributed by atoms with E-state index in [2.05, 4.69) is 10.2 Å². The van der Waals surface area contributed by atoms with Gasteiger partial charge in [-0.3, -0.25) is 9.69 Å². The molecule has 0 aromatic rings. The van der Waals surface area contributed by atoms with E-state index in [1.807, 2.05) is 14.0 Å².